The van der Waals surface area contributed by atoms with E-state index in [1.807, 2.05) is 0 Å². The summed E-state index contributed by atoms with van der Waals surface area (Å²) in [5.74, 6) is 0.221. The second-order valence-electron chi connectivity index (χ2n) is 5.20. The van der Waals surface area contributed by atoms with Crippen LogP contribution in [0.4, 0.5) is 4.79 Å². The molecule has 0 spiro atoms. The van der Waals surface area contributed by atoms with Crippen LogP contribution in [-0.2, 0) is 4.79 Å². The normalized spacial score (nSPS) is 15.3. The molecule has 2 aromatic rings. The molecular weight excluding hydrogens is 360 g/mol. The molecule has 2 N–H and O–H groups in total. The molecule has 3 rings (SSSR count). The molecule has 1 saturated heterocycles. The zero-order valence-corrected chi connectivity index (χ0v) is 14.5. The van der Waals surface area contributed by atoms with E-state index in [1.165, 1.54) is 0 Å². The number of hydrogen-bond donors (Lipinski definition) is 2. The average Bonchev–Trinajstić information content (AvgIpc) is 2.91. The van der Waals surface area contributed by atoms with Gasteiger partial charge in [0.05, 0.1) is 10.6 Å². The number of amides is 2. The number of carbonyl (C=O) groups excluding carboxylic acids is 2. The van der Waals surface area contributed by atoms with Crippen molar-refractivity contribution in [1.82, 2.24) is 5.32 Å². The Hall–Kier alpha value is -2.57. The lowest BCUT2D eigenvalue weighted by Crippen LogP contribution is -2.17. The van der Waals surface area contributed by atoms with Crippen molar-refractivity contribution < 1.29 is 14.3 Å². The number of thioether (sulfide) groups is 1. The number of ether oxygens (including phenoxy) is 1. The molecule has 1 heterocycles. The maximum absolute atomic E-state index is 11.5. The van der Waals surface area contributed by atoms with E-state index in [2.05, 4.69) is 5.32 Å². The van der Waals surface area contributed by atoms with Gasteiger partial charge < -0.3 is 10.1 Å². The van der Waals surface area contributed by atoms with Crippen molar-refractivity contribution in [2.75, 3.05) is 6.61 Å². The van der Waals surface area contributed by atoms with E-state index >= 15 is 0 Å². The first-order valence-corrected chi connectivity index (χ1v) is 8.52. The fourth-order valence-electron chi connectivity index (χ4n) is 2.15. The van der Waals surface area contributed by atoms with E-state index in [-0.39, 0.29) is 17.8 Å². The van der Waals surface area contributed by atoms with Crippen LogP contribution < -0.4 is 10.1 Å². The third kappa shape index (κ3) is 4.49. The molecule has 1 fully saturated rings. The Bertz CT molecular complexity index is 878. The Labute approximate surface area is 153 Å². The van der Waals surface area contributed by atoms with Gasteiger partial charge >= 0.3 is 0 Å². The minimum Gasteiger partial charge on any atom is -0.487 e. The minimum atomic E-state index is -0.384. The van der Waals surface area contributed by atoms with E-state index in [0.717, 1.165) is 17.3 Å². The average molecular weight is 373 g/mol. The van der Waals surface area contributed by atoms with Crippen LogP contribution in [0, 0.1) is 5.41 Å². The summed E-state index contributed by atoms with van der Waals surface area (Å²) in [5, 5.41) is 10.5. The van der Waals surface area contributed by atoms with E-state index in [0.29, 0.717) is 27.0 Å². The van der Waals surface area contributed by atoms with Gasteiger partial charge in [-0.1, -0.05) is 35.9 Å². The maximum atomic E-state index is 11.5. The second kappa shape index (κ2) is 7.55. The Morgan fingerprint density at radius 1 is 1.20 bits per heavy atom. The molecule has 0 bridgehead atoms. The van der Waals surface area contributed by atoms with Crippen molar-refractivity contribution >= 4 is 46.3 Å². The van der Waals surface area contributed by atoms with Gasteiger partial charge in [0.25, 0.3) is 11.1 Å². The predicted octanol–water partition coefficient (Wildman–Crippen LogP) is 4.11. The van der Waals surface area contributed by atoms with Gasteiger partial charge in [0.1, 0.15) is 12.4 Å². The summed E-state index contributed by atoms with van der Waals surface area (Å²) < 4.78 is 5.60. The molecule has 1 aliphatic heterocycles. The molecule has 126 valence electrons. The van der Waals surface area contributed by atoms with Crippen LogP contribution >= 0.6 is 23.4 Å². The molecule has 0 aromatic heterocycles. The minimum absolute atomic E-state index is 0.119. The quantitative estimate of drug-likeness (QED) is 0.611. The van der Waals surface area contributed by atoms with Crippen LogP contribution in [0.3, 0.4) is 0 Å². The van der Waals surface area contributed by atoms with Crippen molar-refractivity contribution in [2.24, 2.45) is 0 Å². The van der Waals surface area contributed by atoms with Crippen LogP contribution in [0.2, 0.25) is 5.02 Å². The van der Waals surface area contributed by atoms with Gasteiger partial charge in [-0.25, -0.2) is 0 Å². The SMILES string of the molecule is N=C(COc1ccc(C=C2SC(=O)NC2=O)cc1)c1cccc(Cl)c1. The highest BCUT2D eigenvalue weighted by atomic mass is 35.5. The Kier molecular flexibility index (Phi) is 5.21. The smallest absolute Gasteiger partial charge is 0.290 e. The number of nitrogens with one attached hydrogen (secondary N) is 2. The lowest BCUT2D eigenvalue weighted by atomic mass is 10.1. The Morgan fingerprint density at radius 2 is 1.96 bits per heavy atom. The second-order valence-corrected chi connectivity index (χ2v) is 6.65. The number of benzene rings is 2. The molecule has 0 saturated carbocycles. The summed E-state index contributed by atoms with van der Waals surface area (Å²) in [6.07, 6.45) is 1.64. The van der Waals surface area contributed by atoms with Crippen molar-refractivity contribution in [3.63, 3.8) is 0 Å². The lowest BCUT2D eigenvalue weighted by molar-refractivity contribution is -0.115. The van der Waals surface area contributed by atoms with Crippen molar-refractivity contribution in [2.45, 2.75) is 0 Å². The molecule has 25 heavy (non-hydrogen) atoms. The van der Waals surface area contributed by atoms with Crippen LogP contribution in [-0.4, -0.2) is 23.5 Å². The van der Waals surface area contributed by atoms with Gasteiger partial charge in [0.2, 0.25) is 0 Å². The lowest BCUT2D eigenvalue weighted by Gasteiger charge is -2.08. The highest BCUT2D eigenvalue weighted by Crippen LogP contribution is 2.26. The molecule has 0 radical (unpaired) electrons. The van der Waals surface area contributed by atoms with Crippen molar-refractivity contribution in [1.29, 1.82) is 5.41 Å². The third-order valence-electron chi connectivity index (χ3n) is 3.38. The summed E-state index contributed by atoms with van der Waals surface area (Å²) in [4.78, 5) is 23.0. The summed E-state index contributed by atoms with van der Waals surface area (Å²) in [5.41, 5.74) is 1.82. The van der Waals surface area contributed by atoms with Crippen LogP contribution in [0.5, 0.6) is 5.75 Å². The topological polar surface area (TPSA) is 79.2 Å². The summed E-state index contributed by atoms with van der Waals surface area (Å²) in [6, 6.07) is 14.1. The molecule has 0 unspecified atom stereocenters. The highest BCUT2D eigenvalue weighted by molar-refractivity contribution is 8.18. The van der Waals surface area contributed by atoms with E-state index in [4.69, 9.17) is 21.7 Å². The molecule has 5 nitrogen and oxygen atoms in total. The number of carbonyl (C=O) groups is 2. The van der Waals surface area contributed by atoms with Gasteiger partial charge in [-0.2, -0.15) is 0 Å². The third-order valence-corrected chi connectivity index (χ3v) is 4.42. The monoisotopic (exact) mass is 372 g/mol. The zero-order chi connectivity index (χ0) is 17.8. The van der Waals surface area contributed by atoms with Gasteiger partial charge in [-0.15, -0.1) is 0 Å². The van der Waals surface area contributed by atoms with E-state index < -0.39 is 0 Å². The first-order valence-electron chi connectivity index (χ1n) is 7.32. The number of hydrogen-bond acceptors (Lipinski definition) is 5. The first kappa shape index (κ1) is 17.3. The van der Waals surface area contributed by atoms with E-state index in [1.54, 1.807) is 54.6 Å². The summed E-state index contributed by atoms with van der Waals surface area (Å²) in [7, 11) is 0. The first-order chi connectivity index (χ1) is 12.0. The van der Waals surface area contributed by atoms with Gasteiger partial charge in [0, 0.05) is 10.6 Å². The zero-order valence-electron chi connectivity index (χ0n) is 12.9. The molecule has 1 aliphatic rings. The van der Waals surface area contributed by atoms with Gasteiger partial charge in [-0.3, -0.25) is 14.9 Å². The standard InChI is InChI=1S/C18H13ClN2O3S/c19-13-3-1-2-12(9-13)15(20)10-24-14-6-4-11(5-7-14)8-16-17(22)21-18(23)25-16/h1-9,20H,10H2,(H,21,22,23). The predicted molar refractivity (Wildman–Crippen MR) is 99.3 cm³/mol. The number of halogens is 1. The fourth-order valence-corrected chi connectivity index (χ4v) is 3.02. The fraction of sp³-hybridized carbons (Fsp3) is 0.0556. The summed E-state index contributed by atoms with van der Waals surface area (Å²) in [6.45, 7) is 0.119. The maximum Gasteiger partial charge on any atom is 0.290 e. The highest BCUT2D eigenvalue weighted by Gasteiger charge is 2.24. The molecule has 0 aliphatic carbocycles. The number of imide groups is 1. The van der Waals surface area contributed by atoms with Crippen LogP contribution in [0.25, 0.3) is 6.08 Å². The summed E-state index contributed by atoms with van der Waals surface area (Å²) >= 11 is 6.80. The van der Waals surface area contributed by atoms with Crippen LogP contribution in [0.15, 0.2) is 53.4 Å². The molecular formula is C18H13ClN2O3S. The van der Waals surface area contributed by atoms with Crippen LogP contribution in [0.1, 0.15) is 11.1 Å². The van der Waals surface area contributed by atoms with E-state index in [9.17, 15) is 9.59 Å². The Morgan fingerprint density at radius 3 is 2.60 bits per heavy atom. The largest absolute Gasteiger partial charge is 0.487 e. The van der Waals surface area contributed by atoms with Crippen molar-refractivity contribution in [3.05, 3.63) is 69.6 Å². The number of rotatable bonds is 5. The van der Waals surface area contributed by atoms with Gasteiger partial charge in [-0.05, 0) is 47.7 Å². The van der Waals surface area contributed by atoms with Gasteiger partial charge in [0.15, 0.2) is 0 Å². The molecule has 2 amide bonds. The molecule has 2 aromatic carbocycles. The Balaban J connectivity index is 1.61. The van der Waals surface area contributed by atoms with Crippen molar-refractivity contribution in [3.8, 4) is 5.75 Å². The molecule has 7 heteroatoms. The molecule has 0 atom stereocenters.